The number of ether oxygens (including phenoxy) is 1. The molecule has 0 saturated carbocycles. The minimum Gasteiger partial charge on any atom is -0.495 e. The lowest BCUT2D eigenvalue weighted by Gasteiger charge is -2.42. The van der Waals surface area contributed by atoms with Gasteiger partial charge in [-0.15, -0.1) is 0 Å². The molecular formula is C37H54N6O. The molecule has 7 heteroatoms. The summed E-state index contributed by atoms with van der Waals surface area (Å²) in [5.74, 6) is 9.75. The number of aromatic nitrogens is 2. The van der Waals surface area contributed by atoms with Crippen molar-refractivity contribution in [1.29, 1.82) is 0 Å². The van der Waals surface area contributed by atoms with Crippen molar-refractivity contribution in [1.82, 2.24) is 14.9 Å². The summed E-state index contributed by atoms with van der Waals surface area (Å²) in [6.45, 7) is 14.1. The Hall–Kier alpha value is -3.50. The van der Waals surface area contributed by atoms with Gasteiger partial charge in [-0.3, -0.25) is 0 Å². The molecule has 0 amide bonds. The maximum absolute atomic E-state index is 5.86. The summed E-state index contributed by atoms with van der Waals surface area (Å²) in [4.78, 5) is 15.0. The lowest BCUT2D eigenvalue weighted by atomic mass is 9.91. The zero-order chi connectivity index (χ0) is 31.7. The number of aryl methyl sites for hydroxylation is 1. The van der Waals surface area contributed by atoms with Gasteiger partial charge in [0.05, 0.1) is 18.2 Å². The van der Waals surface area contributed by atoms with Gasteiger partial charge in [0.2, 0.25) is 5.95 Å². The fourth-order valence-electron chi connectivity index (χ4n) is 5.88. The average Bonchev–Trinajstić information content (AvgIpc) is 2.98. The smallest absolute Gasteiger partial charge is 0.228 e. The molecule has 0 bridgehead atoms. The van der Waals surface area contributed by atoms with Crippen LogP contribution in [-0.4, -0.2) is 67.3 Å². The van der Waals surface area contributed by atoms with Crippen molar-refractivity contribution in [2.45, 2.75) is 91.1 Å². The molecule has 44 heavy (non-hydrogen) atoms. The van der Waals surface area contributed by atoms with Crippen LogP contribution >= 0.6 is 0 Å². The number of anilines is 3. The summed E-state index contributed by atoms with van der Waals surface area (Å²) < 4.78 is 5.86. The second-order valence-electron chi connectivity index (χ2n) is 13.6. The van der Waals surface area contributed by atoms with Crippen molar-refractivity contribution >= 4 is 28.4 Å². The van der Waals surface area contributed by atoms with Crippen LogP contribution in [0, 0.1) is 24.7 Å². The van der Waals surface area contributed by atoms with Crippen molar-refractivity contribution in [3.05, 3.63) is 47.5 Å². The van der Waals surface area contributed by atoms with E-state index in [0.717, 1.165) is 92.1 Å². The van der Waals surface area contributed by atoms with Gasteiger partial charge in [-0.05, 0) is 103 Å². The van der Waals surface area contributed by atoms with E-state index in [4.69, 9.17) is 14.7 Å². The van der Waals surface area contributed by atoms with Gasteiger partial charge in [0.1, 0.15) is 11.6 Å². The van der Waals surface area contributed by atoms with Crippen LogP contribution in [0.25, 0.3) is 10.9 Å². The van der Waals surface area contributed by atoms with Gasteiger partial charge >= 0.3 is 0 Å². The molecule has 1 fully saturated rings. The van der Waals surface area contributed by atoms with E-state index in [1.165, 1.54) is 17.7 Å². The van der Waals surface area contributed by atoms with E-state index in [9.17, 15) is 0 Å². The number of piperidine rings is 1. The Balaban J connectivity index is 1.72. The van der Waals surface area contributed by atoms with Gasteiger partial charge in [0.15, 0.2) is 0 Å². The van der Waals surface area contributed by atoms with Crippen LogP contribution < -0.4 is 20.3 Å². The van der Waals surface area contributed by atoms with E-state index >= 15 is 0 Å². The molecule has 2 aromatic carbocycles. The Labute approximate surface area is 266 Å². The first-order valence-electron chi connectivity index (χ1n) is 16.4. The van der Waals surface area contributed by atoms with Crippen LogP contribution in [0.1, 0.15) is 83.8 Å². The predicted molar refractivity (Wildman–Crippen MR) is 187 cm³/mol. The van der Waals surface area contributed by atoms with Gasteiger partial charge in [-0.1, -0.05) is 43.9 Å². The summed E-state index contributed by atoms with van der Waals surface area (Å²) in [5, 5.41) is 8.54. The first-order valence-corrected chi connectivity index (χ1v) is 16.4. The fourth-order valence-corrected chi connectivity index (χ4v) is 5.88. The Kier molecular flexibility index (Phi) is 11.7. The molecule has 238 valence electrons. The second-order valence-corrected chi connectivity index (χ2v) is 13.6. The molecule has 0 spiro atoms. The molecule has 1 saturated heterocycles. The predicted octanol–water partition coefficient (Wildman–Crippen LogP) is 7.74. The van der Waals surface area contributed by atoms with Gasteiger partial charge in [-0.2, -0.15) is 4.98 Å². The Bertz CT molecular complexity index is 1440. The van der Waals surface area contributed by atoms with E-state index in [0.29, 0.717) is 5.92 Å². The third kappa shape index (κ3) is 9.01. The van der Waals surface area contributed by atoms with E-state index < -0.39 is 0 Å². The monoisotopic (exact) mass is 598 g/mol. The minimum absolute atomic E-state index is 0.00100. The number of nitrogens with zero attached hydrogens (tertiary/aromatic N) is 4. The van der Waals surface area contributed by atoms with Crippen LogP contribution in [0.15, 0.2) is 36.4 Å². The number of hydrogen-bond acceptors (Lipinski definition) is 7. The number of fused-ring (bicyclic) bond motifs is 1. The first kappa shape index (κ1) is 33.4. The quantitative estimate of drug-likeness (QED) is 0.195. The Morgan fingerprint density at radius 2 is 1.86 bits per heavy atom. The van der Waals surface area contributed by atoms with Crippen molar-refractivity contribution in [2.24, 2.45) is 5.92 Å². The topological polar surface area (TPSA) is 65.5 Å². The Morgan fingerprint density at radius 1 is 1.07 bits per heavy atom. The molecule has 7 nitrogen and oxygen atoms in total. The lowest BCUT2D eigenvalue weighted by Crippen LogP contribution is -2.48. The molecule has 0 aliphatic carbocycles. The van der Waals surface area contributed by atoms with Gasteiger partial charge in [-0.25, -0.2) is 4.98 Å². The van der Waals surface area contributed by atoms with Crippen LogP contribution in [0.4, 0.5) is 17.5 Å². The Morgan fingerprint density at radius 3 is 2.57 bits per heavy atom. The number of nitrogens with one attached hydrogen (secondary N) is 2. The van der Waals surface area contributed by atoms with Crippen LogP contribution in [-0.2, 0) is 0 Å². The van der Waals surface area contributed by atoms with Crippen LogP contribution in [0.2, 0.25) is 0 Å². The lowest BCUT2D eigenvalue weighted by molar-refractivity contribution is 0.356. The summed E-state index contributed by atoms with van der Waals surface area (Å²) >= 11 is 0. The number of para-hydroxylation sites is 1. The average molecular weight is 599 g/mol. The zero-order valence-electron chi connectivity index (χ0n) is 28.4. The van der Waals surface area contributed by atoms with Crippen LogP contribution in [0.5, 0.6) is 5.75 Å². The van der Waals surface area contributed by atoms with Crippen molar-refractivity contribution in [3.8, 4) is 17.6 Å². The van der Waals surface area contributed by atoms with E-state index in [2.05, 4.69) is 117 Å². The molecule has 2 heterocycles. The second kappa shape index (κ2) is 15.5. The minimum atomic E-state index is -0.00100. The summed E-state index contributed by atoms with van der Waals surface area (Å²) in [6, 6.07) is 12.9. The largest absolute Gasteiger partial charge is 0.495 e. The highest BCUT2D eigenvalue weighted by atomic mass is 16.5. The first-order chi connectivity index (χ1) is 21.1. The SMILES string of the molecule is COc1cc2c(NC(CCNc3ccccc3C)CCC(C)C)nc(N3CCCCC3(C)C)nc2cc1C#CCCN(C)C. The molecule has 1 aromatic heterocycles. The molecule has 1 aliphatic heterocycles. The summed E-state index contributed by atoms with van der Waals surface area (Å²) in [7, 11) is 5.86. The number of methoxy groups -OCH3 is 1. The van der Waals surface area contributed by atoms with Gasteiger partial charge in [0.25, 0.3) is 0 Å². The molecule has 3 aromatic rings. The molecule has 4 rings (SSSR count). The number of benzene rings is 2. The van der Waals surface area contributed by atoms with Crippen molar-refractivity contribution in [3.63, 3.8) is 0 Å². The molecule has 1 aliphatic rings. The maximum atomic E-state index is 5.86. The zero-order valence-corrected chi connectivity index (χ0v) is 28.4. The fraction of sp³-hybridized carbons (Fsp3) is 0.568. The maximum Gasteiger partial charge on any atom is 0.228 e. The molecule has 1 atom stereocenters. The normalized spacial score (nSPS) is 15.3. The third-order valence-electron chi connectivity index (χ3n) is 8.69. The molecule has 1 unspecified atom stereocenters. The van der Waals surface area contributed by atoms with Crippen molar-refractivity contribution in [2.75, 3.05) is 56.4 Å². The third-order valence-corrected chi connectivity index (χ3v) is 8.69. The molecule has 0 radical (unpaired) electrons. The van der Waals surface area contributed by atoms with Crippen molar-refractivity contribution < 1.29 is 4.74 Å². The van der Waals surface area contributed by atoms with E-state index in [1.807, 2.05) is 0 Å². The van der Waals surface area contributed by atoms with Crippen LogP contribution in [0.3, 0.4) is 0 Å². The summed E-state index contributed by atoms with van der Waals surface area (Å²) in [5.41, 5.74) is 4.23. The van der Waals surface area contributed by atoms with Gasteiger partial charge < -0.3 is 25.2 Å². The summed E-state index contributed by atoms with van der Waals surface area (Å²) in [6.07, 6.45) is 7.50. The number of rotatable bonds is 13. The number of hydrogen-bond donors (Lipinski definition) is 2. The molecular weight excluding hydrogens is 544 g/mol. The van der Waals surface area contributed by atoms with Gasteiger partial charge in [0, 0.05) is 48.7 Å². The highest BCUT2D eigenvalue weighted by Crippen LogP contribution is 2.35. The highest BCUT2D eigenvalue weighted by Gasteiger charge is 2.32. The standard InChI is InChI=1S/C37H54N6O/c1-27(2)18-19-30(20-22-38-32-17-10-9-15-28(32)3)39-35-31-26-34(44-8)29(16-11-13-23-42(6)7)25-33(31)40-36(41-35)43-24-14-12-21-37(43,4)5/h9-10,15,17,25-27,30,38H,12-14,18-24H2,1-8H3,(H,39,40,41). The highest BCUT2D eigenvalue weighted by molar-refractivity contribution is 5.93. The van der Waals surface area contributed by atoms with E-state index in [1.54, 1.807) is 7.11 Å². The van der Waals surface area contributed by atoms with E-state index in [-0.39, 0.29) is 11.6 Å². The molecule has 2 N–H and O–H groups in total.